The molecular formula is C8H16O3. The lowest BCUT2D eigenvalue weighted by Gasteiger charge is -2.13. The predicted octanol–water partition coefficient (Wildman–Crippen LogP) is 0.956. The van der Waals surface area contributed by atoms with Gasteiger partial charge in [0.15, 0.2) is 0 Å². The number of hydrogen-bond donors (Lipinski definition) is 1. The fourth-order valence-corrected chi connectivity index (χ4v) is 0.630. The SMILES string of the molecule is CC(=O)OCC[C@@H](C)[C@H](C)O. The third-order valence-electron chi connectivity index (χ3n) is 1.70. The molecule has 2 atom stereocenters. The zero-order chi connectivity index (χ0) is 8.85. The van der Waals surface area contributed by atoms with Gasteiger partial charge in [-0.2, -0.15) is 0 Å². The van der Waals surface area contributed by atoms with E-state index in [-0.39, 0.29) is 18.0 Å². The van der Waals surface area contributed by atoms with Crippen LogP contribution in [-0.4, -0.2) is 23.8 Å². The Kier molecular flexibility index (Phi) is 4.86. The fraction of sp³-hybridized carbons (Fsp3) is 0.875. The Balaban J connectivity index is 3.31. The Bertz CT molecular complexity index is 121. The second kappa shape index (κ2) is 5.13. The van der Waals surface area contributed by atoms with Crippen molar-refractivity contribution in [1.29, 1.82) is 0 Å². The van der Waals surface area contributed by atoms with Gasteiger partial charge in [-0.05, 0) is 19.3 Å². The number of esters is 1. The summed E-state index contributed by atoms with van der Waals surface area (Å²) in [6.07, 6.45) is 0.391. The molecule has 0 saturated carbocycles. The van der Waals surface area contributed by atoms with Crippen LogP contribution in [0.3, 0.4) is 0 Å². The monoisotopic (exact) mass is 160 g/mol. The quantitative estimate of drug-likeness (QED) is 0.623. The van der Waals surface area contributed by atoms with E-state index in [1.807, 2.05) is 6.92 Å². The Morgan fingerprint density at radius 3 is 2.45 bits per heavy atom. The van der Waals surface area contributed by atoms with Gasteiger partial charge in [0.1, 0.15) is 0 Å². The van der Waals surface area contributed by atoms with Crippen LogP contribution in [0.2, 0.25) is 0 Å². The highest BCUT2D eigenvalue weighted by molar-refractivity contribution is 5.65. The minimum atomic E-state index is -0.328. The molecule has 0 aromatic rings. The van der Waals surface area contributed by atoms with Crippen LogP contribution in [-0.2, 0) is 9.53 Å². The Labute approximate surface area is 67.4 Å². The molecule has 11 heavy (non-hydrogen) atoms. The molecule has 3 heteroatoms. The lowest BCUT2D eigenvalue weighted by atomic mass is 10.0. The smallest absolute Gasteiger partial charge is 0.302 e. The lowest BCUT2D eigenvalue weighted by Crippen LogP contribution is -2.15. The number of carbonyl (C=O) groups is 1. The molecule has 0 rings (SSSR count). The highest BCUT2D eigenvalue weighted by Crippen LogP contribution is 2.06. The van der Waals surface area contributed by atoms with Crippen molar-refractivity contribution in [2.24, 2.45) is 5.92 Å². The predicted molar refractivity (Wildman–Crippen MR) is 42.1 cm³/mol. The van der Waals surface area contributed by atoms with Crippen LogP contribution < -0.4 is 0 Å². The van der Waals surface area contributed by atoms with E-state index in [1.165, 1.54) is 6.92 Å². The van der Waals surface area contributed by atoms with Crippen LogP contribution >= 0.6 is 0 Å². The second-order valence-corrected chi connectivity index (χ2v) is 2.85. The van der Waals surface area contributed by atoms with E-state index in [0.29, 0.717) is 6.61 Å². The number of aliphatic hydroxyl groups is 1. The second-order valence-electron chi connectivity index (χ2n) is 2.85. The Hall–Kier alpha value is -0.570. The van der Waals surface area contributed by atoms with Gasteiger partial charge in [0.2, 0.25) is 0 Å². The maximum Gasteiger partial charge on any atom is 0.302 e. The summed E-state index contributed by atoms with van der Waals surface area (Å²) < 4.78 is 4.71. The topological polar surface area (TPSA) is 46.5 Å². The molecule has 0 radical (unpaired) electrons. The van der Waals surface area contributed by atoms with Crippen molar-refractivity contribution in [1.82, 2.24) is 0 Å². The molecule has 66 valence electrons. The molecule has 0 heterocycles. The summed E-state index contributed by atoms with van der Waals surface area (Å²) in [5.74, 6) is -0.0721. The molecule has 0 aliphatic heterocycles. The zero-order valence-corrected chi connectivity index (χ0v) is 7.33. The van der Waals surface area contributed by atoms with Crippen molar-refractivity contribution < 1.29 is 14.6 Å². The standard InChI is InChI=1S/C8H16O3/c1-6(7(2)9)4-5-11-8(3)10/h6-7,9H,4-5H2,1-3H3/t6-,7+/m1/s1. The van der Waals surface area contributed by atoms with E-state index in [2.05, 4.69) is 0 Å². The molecule has 0 aromatic carbocycles. The van der Waals surface area contributed by atoms with Gasteiger partial charge in [-0.15, -0.1) is 0 Å². The average molecular weight is 160 g/mol. The maximum absolute atomic E-state index is 10.3. The average Bonchev–Trinajstić information content (AvgIpc) is 1.86. The van der Waals surface area contributed by atoms with E-state index in [0.717, 1.165) is 6.42 Å². The molecule has 0 amide bonds. The normalized spacial score (nSPS) is 15.6. The first-order valence-electron chi connectivity index (χ1n) is 3.85. The number of ether oxygens (including phenoxy) is 1. The minimum Gasteiger partial charge on any atom is -0.466 e. The van der Waals surface area contributed by atoms with Gasteiger partial charge in [-0.25, -0.2) is 0 Å². The van der Waals surface area contributed by atoms with Crippen molar-refractivity contribution in [2.75, 3.05) is 6.61 Å². The van der Waals surface area contributed by atoms with Crippen molar-refractivity contribution >= 4 is 5.97 Å². The minimum absolute atomic E-state index is 0.189. The highest BCUT2D eigenvalue weighted by atomic mass is 16.5. The van der Waals surface area contributed by atoms with Crippen LogP contribution in [0.1, 0.15) is 27.2 Å². The highest BCUT2D eigenvalue weighted by Gasteiger charge is 2.08. The molecule has 0 spiro atoms. The third-order valence-corrected chi connectivity index (χ3v) is 1.70. The molecule has 0 aliphatic rings. The lowest BCUT2D eigenvalue weighted by molar-refractivity contribution is -0.141. The zero-order valence-electron chi connectivity index (χ0n) is 7.33. The molecule has 0 fully saturated rings. The van der Waals surface area contributed by atoms with Crippen LogP contribution in [0.25, 0.3) is 0 Å². The van der Waals surface area contributed by atoms with Gasteiger partial charge in [-0.3, -0.25) is 4.79 Å². The van der Waals surface area contributed by atoms with Gasteiger partial charge in [0, 0.05) is 6.92 Å². The Morgan fingerprint density at radius 1 is 1.55 bits per heavy atom. The summed E-state index contributed by atoms with van der Waals surface area (Å²) >= 11 is 0. The first kappa shape index (κ1) is 10.4. The number of hydrogen-bond acceptors (Lipinski definition) is 3. The molecular weight excluding hydrogens is 144 g/mol. The summed E-state index contributed by atoms with van der Waals surface area (Å²) in [6.45, 7) is 5.45. The van der Waals surface area contributed by atoms with Crippen molar-refractivity contribution in [2.45, 2.75) is 33.3 Å². The van der Waals surface area contributed by atoms with Crippen LogP contribution in [0.4, 0.5) is 0 Å². The van der Waals surface area contributed by atoms with Gasteiger partial charge in [0.05, 0.1) is 12.7 Å². The molecule has 0 bridgehead atoms. The van der Waals surface area contributed by atoms with Crippen LogP contribution in [0.15, 0.2) is 0 Å². The molecule has 1 N–H and O–H groups in total. The van der Waals surface area contributed by atoms with E-state index < -0.39 is 0 Å². The summed E-state index contributed by atoms with van der Waals surface area (Å²) in [7, 11) is 0. The van der Waals surface area contributed by atoms with Crippen LogP contribution in [0.5, 0.6) is 0 Å². The summed E-state index contributed by atoms with van der Waals surface area (Å²) in [6, 6.07) is 0. The number of carbonyl (C=O) groups excluding carboxylic acids is 1. The van der Waals surface area contributed by atoms with Gasteiger partial charge < -0.3 is 9.84 Å². The fourth-order valence-electron chi connectivity index (χ4n) is 0.630. The summed E-state index contributed by atoms with van der Waals surface area (Å²) in [5.41, 5.74) is 0. The van der Waals surface area contributed by atoms with E-state index in [9.17, 15) is 4.79 Å². The first-order valence-corrected chi connectivity index (χ1v) is 3.85. The van der Waals surface area contributed by atoms with Crippen molar-refractivity contribution in [3.8, 4) is 0 Å². The maximum atomic E-state index is 10.3. The summed E-state index contributed by atoms with van der Waals surface area (Å²) in [5, 5.41) is 9.05. The molecule has 3 nitrogen and oxygen atoms in total. The molecule has 0 saturated heterocycles. The van der Waals surface area contributed by atoms with E-state index >= 15 is 0 Å². The van der Waals surface area contributed by atoms with Gasteiger partial charge in [-0.1, -0.05) is 6.92 Å². The van der Waals surface area contributed by atoms with Crippen molar-refractivity contribution in [3.05, 3.63) is 0 Å². The number of rotatable bonds is 4. The van der Waals surface area contributed by atoms with E-state index in [1.54, 1.807) is 6.92 Å². The molecule has 0 aromatic heterocycles. The van der Waals surface area contributed by atoms with Crippen LogP contribution in [0, 0.1) is 5.92 Å². The van der Waals surface area contributed by atoms with Gasteiger partial charge >= 0.3 is 5.97 Å². The first-order chi connectivity index (χ1) is 5.04. The number of aliphatic hydroxyl groups excluding tert-OH is 1. The third kappa shape index (κ3) is 5.85. The molecule has 0 unspecified atom stereocenters. The van der Waals surface area contributed by atoms with Crippen molar-refractivity contribution in [3.63, 3.8) is 0 Å². The summed E-state index contributed by atoms with van der Waals surface area (Å²) in [4.78, 5) is 10.3. The van der Waals surface area contributed by atoms with Gasteiger partial charge in [0.25, 0.3) is 0 Å². The molecule has 0 aliphatic carbocycles. The Morgan fingerprint density at radius 2 is 2.09 bits per heavy atom. The largest absolute Gasteiger partial charge is 0.466 e. The van der Waals surface area contributed by atoms with E-state index in [4.69, 9.17) is 9.84 Å².